The van der Waals surface area contributed by atoms with Crippen molar-refractivity contribution in [3.63, 3.8) is 0 Å². The molecule has 1 atom stereocenters. The summed E-state index contributed by atoms with van der Waals surface area (Å²) in [6.07, 6.45) is 3.39. The normalized spacial score (nSPS) is 19.0. The van der Waals surface area contributed by atoms with E-state index in [1.54, 1.807) is 23.2 Å². The minimum Gasteiger partial charge on any atom is -0.284 e. The van der Waals surface area contributed by atoms with Crippen molar-refractivity contribution in [3.05, 3.63) is 71.5 Å². The van der Waals surface area contributed by atoms with Crippen molar-refractivity contribution in [1.82, 2.24) is 4.90 Å². The molecule has 4 nitrogen and oxygen atoms in total. The number of carbonyl (C=O) groups is 1. The number of hydrogen-bond donors (Lipinski definition) is 0. The average Bonchev–Trinajstić information content (AvgIpc) is 2.94. The van der Waals surface area contributed by atoms with Crippen LogP contribution in [0, 0.1) is 5.82 Å². The number of carbonyl (C=O) groups excluding carboxylic acids is 1. The molecule has 6 heteroatoms. The van der Waals surface area contributed by atoms with E-state index in [4.69, 9.17) is 0 Å². The number of benzene rings is 2. The Kier molecular flexibility index (Phi) is 6.17. The molecule has 1 aliphatic heterocycles. The Labute approximate surface area is 156 Å². The Balaban J connectivity index is 1.79. The molecule has 1 saturated heterocycles. The highest BCUT2D eigenvalue weighted by atomic mass is 32.2. The van der Waals surface area contributed by atoms with Gasteiger partial charge >= 0.3 is 0 Å². The Morgan fingerprint density at radius 2 is 1.88 bits per heavy atom. The van der Waals surface area contributed by atoms with Crippen LogP contribution in [0.1, 0.15) is 30.9 Å². The first-order valence-corrected chi connectivity index (χ1v) is 9.44. The first-order valence-electron chi connectivity index (χ1n) is 8.56. The smallest absolute Gasteiger partial charge is 0.242 e. The van der Waals surface area contributed by atoms with E-state index in [0.29, 0.717) is 11.7 Å². The van der Waals surface area contributed by atoms with Gasteiger partial charge in [0.05, 0.1) is 18.0 Å². The number of thioether (sulfide) groups is 1. The third-order valence-electron chi connectivity index (χ3n) is 3.97. The van der Waals surface area contributed by atoms with E-state index in [0.717, 1.165) is 24.0 Å². The van der Waals surface area contributed by atoms with Crippen LogP contribution in [0.3, 0.4) is 0 Å². The molecule has 1 fully saturated rings. The van der Waals surface area contributed by atoms with Crippen LogP contribution in [-0.4, -0.2) is 27.4 Å². The van der Waals surface area contributed by atoms with Crippen LogP contribution in [0.15, 0.2) is 64.8 Å². The van der Waals surface area contributed by atoms with Crippen molar-refractivity contribution in [1.29, 1.82) is 0 Å². The summed E-state index contributed by atoms with van der Waals surface area (Å²) in [6, 6.07) is 15.8. The minimum absolute atomic E-state index is 0.0369. The number of amides is 1. The van der Waals surface area contributed by atoms with Crippen molar-refractivity contribution in [3.8, 4) is 0 Å². The summed E-state index contributed by atoms with van der Waals surface area (Å²) in [7, 11) is 0. The lowest BCUT2D eigenvalue weighted by atomic mass is 10.2. The molecule has 0 N–H and O–H groups in total. The van der Waals surface area contributed by atoms with Crippen LogP contribution >= 0.6 is 11.8 Å². The maximum absolute atomic E-state index is 13.1. The molecule has 0 saturated carbocycles. The zero-order chi connectivity index (χ0) is 18.4. The third kappa shape index (κ3) is 4.58. The van der Waals surface area contributed by atoms with Crippen LogP contribution in [0.2, 0.25) is 0 Å². The average molecular weight is 369 g/mol. The zero-order valence-electron chi connectivity index (χ0n) is 14.5. The van der Waals surface area contributed by atoms with E-state index >= 15 is 0 Å². The fourth-order valence-electron chi connectivity index (χ4n) is 2.63. The SMILES string of the molecule is CCC[C@H]1S/C(=N\N=C/c2ccccc2)N(Cc2ccc(F)cc2)C1=O. The van der Waals surface area contributed by atoms with E-state index in [2.05, 4.69) is 17.1 Å². The lowest BCUT2D eigenvalue weighted by Gasteiger charge is -2.15. The van der Waals surface area contributed by atoms with Crippen molar-refractivity contribution in [2.45, 2.75) is 31.6 Å². The van der Waals surface area contributed by atoms with E-state index in [1.807, 2.05) is 30.3 Å². The number of nitrogens with zero attached hydrogens (tertiary/aromatic N) is 3. The molecule has 0 radical (unpaired) electrons. The standard InChI is InChI=1S/C20H20FN3OS/c1-2-6-18-19(25)24(14-16-9-11-17(21)12-10-16)20(26-18)23-22-13-15-7-4-3-5-8-15/h3-5,7-13,18H,2,6,14H2,1H3/b22-13-,23-20-/t18-/m1/s1. The van der Waals surface area contributed by atoms with Gasteiger partial charge in [-0.05, 0) is 29.7 Å². The molecule has 134 valence electrons. The lowest BCUT2D eigenvalue weighted by Crippen LogP contribution is -2.31. The van der Waals surface area contributed by atoms with Gasteiger partial charge in [0.15, 0.2) is 5.17 Å². The molecular weight excluding hydrogens is 349 g/mol. The highest BCUT2D eigenvalue weighted by molar-refractivity contribution is 8.15. The van der Waals surface area contributed by atoms with Crippen LogP contribution in [-0.2, 0) is 11.3 Å². The van der Waals surface area contributed by atoms with Gasteiger partial charge in [-0.25, -0.2) is 4.39 Å². The molecule has 0 spiro atoms. The Bertz CT molecular complexity index is 806. The summed E-state index contributed by atoms with van der Waals surface area (Å²) in [5, 5.41) is 8.88. The Morgan fingerprint density at radius 3 is 2.58 bits per heavy atom. The van der Waals surface area contributed by atoms with Gasteiger partial charge in [0.25, 0.3) is 0 Å². The molecule has 1 amide bonds. The summed E-state index contributed by atoms with van der Waals surface area (Å²) in [5.41, 5.74) is 1.80. The van der Waals surface area contributed by atoms with Gasteiger partial charge in [-0.2, -0.15) is 5.10 Å². The number of amidine groups is 1. The molecule has 1 aliphatic rings. The number of hydrogen-bond acceptors (Lipinski definition) is 4. The monoisotopic (exact) mass is 369 g/mol. The molecule has 0 unspecified atom stereocenters. The quantitative estimate of drug-likeness (QED) is 0.557. The lowest BCUT2D eigenvalue weighted by molar-refractivity contribution is -0.126. The number of rotatable bonds is 6. The van der Waals surface area contributed by atoms with E-state index in [-0.39, 0.29) is 17.0 Å². The van der Waals surface area contributed by atoms with Gasteiger partial charge in [0.1, 0.15) is 5.82 Å². The maximum Gasteiger partial charge on any atom is 0.242 e. The first-order chi connectivity index (χ1) is 12.7. The minimum atomic E-state index is -0.291. The van der Waals surface area contributed by atoms with Crippen molar-refractivity contribution >= 4 is 29.1 Å². The van der Waals surface area contributed by atoms with Gasteiger partial charge in [0, 0.05) is 0 Å². The zero-order valence-corrected chi connectivity index (χ0v) is 15.3. The summed E-state index contributed by atoms with van der Waals surface area (Å²) >= 11 is 1.45. The molecule has 26 heavy (non-hydrogen) atoms. The Morgan fingerprint density at radius 1 is 1.15 bits per heavy atom. The molecule has 2 aromatic rings. The fourth-order valence-corrected chi connectivity index (χ4v) is 3.85. The van der Waals surface area contributed by atoms with Crippen LogP contribution in [0.5, 0.6) is 0 Å². The van der Waals surface area contributed by atoms with Gasteiger partial charge in [-0.3, -0.25) is 9.69 Å². The fraction of sp³-hybridized carbons (Fsp3) is 0.250. The summed E-state index contributed by atoms with van der Waals surface area (Å²) < 4.78 is 13.1. The largest absolute Gasteiger partial charge is 0.284 e. The predicted octanol–water partition coefficient (Wildman–Crippen LogP) is 4.46. The predicted molar refractivity (Wildman–Crippen MR) is 105 cm³/mol. The van der Waals surface area contributed by atoms with Crippen molar-refractivity contribution in [2.75, 3.05) is 0 Å². The molecule has 3 rings (SSSR count). The van der Waals surface area contributed by atoms with E-state index in [1.165, 1.54) is 23.9 Å². The van der Waals surface area contributed by atoms with E-state index in [9.17, 15) is 9.18 Å². The molecule has 2 aromatic carbocycles. The van der Waals surface area contributed by atoms with Gasteiger partial charge in [0.2, 0.25) is 5.91 Å². The first kappa shape index (κ1) is 18.3. The second-order valence-corrected chi connectivity index (χ2v) is 7.15. The molecule has 0 aliphatic carbocycles. The highest BCUT2D eigenvalue weighted by Gasteiger charge is 2.37. The van der Waals surface area contributed by atoms with Crippen molar-refractivity contribution in [2.24, 2.45) is 10.2 Å². The summed E-state index contributed by atoms with van der Waals surface area (Å²) in [6.45, 7) is 2.42. The summed E-state index contributed by atoms with van der Waals surface area (Å²) in [5.74, 6) is -0.254. The topological polar surface area (TPSA) is 45.0 Å². The molecule has 0 bridgehead atoms. The second kappa shape index (κ2) is 8.76. The van der Waals surface area contributed by atoms with Gasteiger partial charge < -0.3 is 0 Å². The van der Waals surface area contributed by atoms with Crippen LogP contribution < -0.4 is 0 Å². The molecule has 1 heterocycles. The van der Waals surface area contributed by atoms with Crippen molar-refractivity contribution < 1.29 is 9.18 Å². The maximum atomic E-state index is 13.1. The van der Waals surface area contributed by atoms with Crippen LogP contribution in [0.4, 0.5) is 4.39 Å². The van der Waals surface area contributed by atoms with Crippen LogP contribution in [0.25, 0.3) is 0 Å². The second-order valence-electron chi connectivity index (χ2n) is 5.98. The van der Waals surface area contributed by atoms with Gasteiger partial charge in [-0.1, -0.05) is 67.6 Å². The van der Waals surface area contributed by atoms with E-state index < -0.39 is 0 Å². The van der Waals surface area contributed by atoms with Gasteiger partial charge in [-0.15, -0.1) is 5.10 Å². The number of halogens is 1. The third-order valence-corrected chi connectivity index (χ3v) is 5.21. The molecular formula is C20H20FN3OS. The highest BCUT2D eigenvalue weighted by Crippen LogP contribution is 2.31. The summed E-state index contributed by atoms with van der Waals surface area (Å²) in [4.78, 5) is 14.3. The molecule has 0 aromatic heterocycles. The Hall–Kier alpha value is -2.47.